The second-order valence-corrected chi connectivity index (χ2v) is 3.89. The number of carbonyl (C=O) groups excluding carboxylic acids is 1. The summed E-state index contributed by atoms with van der Waals surface area (Å²) in [5.41, 5.74) is 0. The van der Waals surface area contributed by atoms with Crippen molar-refractivity contribution >= 4 is 5.91 Å². The van der Waals surface area contributed by atoms with E-state index in [1.165, 1.54) is 0 Å². The molecule has 1 heterocycles. The number of piperidine rings is 1. The largest absolute Gasteiger partial charge is 0.478 e. The number of amides is 1. The zero-order valence-electron chi connectivity index (χ0n) is 8.96. The van der Waals surface area contributed by atoms with Gasteiger partial charge in [-0.25, -0.2) is 0 Å². The average Bonchev–Trinajstić information content (AvgIpc) is 2.16. The lowest BCUT2D eigenvalue weighted by molar-refractivity contribution is -0.595. The van der Waals surface area contributed by atoms with Gasteiger partial charge in [0.1, 0.15) is 0 Å². The molecule has 0 radical (unpaired) electrons. The third-order valence-corrected chi connectivity index (χ3v) is 2.64. The van der Waals surface area contributed by atoms with E-state index in [4.69, 9.17) is 0 Å². The maximum absolute atomic E-state index is 10.8. The molecule has 1 amide bonds. The molecule has 0 aromatic rings. The summed E-state index contributed by atoms with van der Waals surface area (Å²) in [5, 5.41) is 4.93. The molecule has 14 heavy (non-hydrogen) atoms. The van der Waals surface area contributed by atoms with E-state index in [1.54, 1.807) is 6.92 Å². The fraction of sp³-hybridized carbons (Fsp3) is 0.800. The second-order valence-electron chi connectivity index (χ2n) is 3.89. The van der Waals surface area contributed by atoms with Crippen molar-refractivity contribution in [2.24, 2.45) is 0 Å². The lowest BCUT2D eigenvalue weighted by Gasteiger charge is -2.31. The van der Waals surface area contributed by atoms with Crippen molar-refractivity contribution in [3.8, 4) is 0 Å². The van der Waals surface area contributed by atoms with Gasteiger partial charge in [-0.05, 0) is 12.8 Å². The van der Waals surface area contributed by atoms with Gasteiger partial charge in [-0.1, -0.05) is 0 Å². The topological polar surface area (TPSA) is 49.0 Å². The van der Waals surface area contributed by atoms with Crippen molar-refractivity contribution in [1.29, 1.82) is 0 Å². The Bertz CT molecular complexity index is 176. The highest BCUT2D eigenvalue weighted by atomic mass is 16.1. The predicted octanol–water partition coefficient (Wildman–Crippen LogP) is -1.06. The zero-order chi connectivity index (χ0) is 10.4. The van der Waals surface area contributed by atoms with Gasteiger partial charge in [0, 0.05) is 32.6 Å². The molecule has 1 saturated heterocycles. The molecule has 4 nitrogen and oxygen atoms in total. The van der Waals surface area contributed by atoms with Gasteiger partial charge in [-0.15, -0.1) is 0 Å². The van der Waals surface area contributed by atoms with E-state index in [0.29, 0.717) is 6.04 Å². The first kappa shape index (κ1) is 11.5. The number of quaternary nitrogens is 1. The summed E-state index contributed by atoms with van der Waals surface area (Å²) >= 11 is 0. The van der Waals surface area contributed by atoms with E-state index in [9.17, 15) is 4.79 Å². The Hall–Kier alpha value is -0.610. The summed E-state index contributed by atoms with van der Waals surface area (Å²) < 4.78 is 0. The highest BCUT2D eigenvalue weighted by molar-refractivity contribution is 5.73. The number of nitrogens with two attached hydrogens (primary N) is 1. The number of rotatable bonds is 4. The zero-order valence-corrected chi connectivity index (χ0v) is 8.96. The van der Waals surface area contributed by atoms with Gasteiger partial charge >= 0.3 is 0 Å². The minimum absolute atomic E-state index is 0.0922. The highest BCUT2D eigenvalue weighted by Crippen LogP contribution is 2.09. The predicted molar refractivity (Wildman–Crippen MR) is 55.4 cm³/mol. The fourth-order valence-corrected chi connectivity index (χ4v) is 1.86. The third-order valence-electron chi connectivity index (χ3n) is 2.64. The molecule has 0 saturated carbocycles. The summed E-state index contributed by atoms with van der Waals surface area (Å²) in [6.07, 6.45) is 2.16. The fourth-order valence-electron chi connectivity index (χ4n) is 1.86. The highest BCUT2D eigenvalue weighted by Gasteiger charge is 2.18. The van der Waals surface area contributed by atoms with Crippen LogP contribution in [0.25, 0.3) is 0 Å². The number of likely N-dealkylation sites (tertiary alicyclic amines) is 1. The maximum Gasteiger partial charge on any atom is 0.217 e. The molecule has 82 valence electrons. The van der Waals surface area contributed by atoms with Crippen molar-refractivity contribution in [1.82, 2.24) is 10.2 Å². The van der Waals surface area contributed by atoms with Gasteiger partial charge in [0.05, 0.1) is 6.54 Å². The molecule has 0 spiro atoms. The molecule has 0 aromatic carbocycles. The maximum atomic E-state index is 10.8. The molecule has 1 fully saturated rings. The van der Waals surface area contributed by atoms with Crippen LogP contribution in [-0.4, -0.2) is 43.0 Å². The van der Waals surface area contributed by atoms with Crippen LogP contribution >= 0.6 is 0 Å². The molecule has 0 unspecified atom stereocenters. The second kappa shape index (κ2) is 5.98. The molecular weight excluding hydrogens is 178 g/mol. The third kappa shape index (κ3) is 4.07. The average molecular weight is 199 g/mol. The smallest absolute Gasteiger partial charge is 0.217 e. The molecule has 0 bridgehead atoms. The van der Waals surface area contributed by atoms with Crippen LogP contribution in [-0.2, 0) is 4.79 Å². The molecule has 0 aliphatic carbocycles. The molecule has 4 heteroatoms. The van der Waals surface area contributed by atoms with Gasteiger partial charge in [-0.3, -0.25) is 9.69 Å². The standard InChI is InChI=1S/C10H21N3O/c1-9(14)12-10-3-6-13(7-4-10)8-5-11-2/h10H,2-8,11H2,1H3,(H,12,14). The Morgan fingerprint density at radius 1 is 1.57 bits per heavy atom. The quantitative estimate of drug-likeness (QED) is 0.567. The first-order valence-electron chi connectivity index (χ1n) is 5.32. The van der Waals surface area contributed by atoms with E-state index in [-0.39, 0.29) is 5.91 Å². The molecule has 1 rings (SSSR count). The molecule has 1 aliphatic rings. The summed E-state index contributed by atoms with van der Waals surface area (Å²) in [4.78, 5) is 13.3. The van der Waals surface area contributed by atoms with Crippen LogP contribution in [0.4, 0.5) is 0 Å². The van der Waals surface area contributed by atoms with Gasteiger partial charge in [0.2, 0.25) is 5.91 Å². The summed E-state index contributed by atoms with van der Waals surface area (Å²) in [7, 11) is 3.72. The van der Waals surface area contributed by atoms with Crippen LogP contribution < -0.4 is 10.6 Å². The van der Waals surface area contributed by atoms with Gasteiger partial charge in [0.15, 0.2) is 0 Å². The van der Waals surface area contributed by atoms with Crippen molar-refractivity contribution in [2.75, 3.05) is 26.2 Å². The van der Waals surface area contributed by atoms with Crippen molar-refractivity contribution in [3.63, 3.8) is 0 Å². The monoisotopic (exact) mass is 199 g/mol. The number of nitrogens with zero attached hydrogens (tertiary/aromatic N) is 1. The van der Waals surface area contributed by atoms with Gasteiger partial charge in [0.25, 0.3) is 0 Å². The van der Waals surface area contributed by atoms with Crippen molar-refractivity contribution in [3.05, 3.63) is 7.05 Å². The number of hydrogen-bond acceptors (Lipinski definition) is 2. The Kier molecular flexibility index (Phi) is 4.90. The van der Waals surface area contributed by atoms with E-state index >= 15 is 0 Å². The van der Waals surface area contributed by atoms with Crippen molar-refractivity contribution in [2.45, 2.75) is 25.8 Å². The molecule has 0 atom stereocenters. The lowest BCUT2D eigenvalue weighted by Crippen LogP contribution is -2.78. The van der Waals surface area contributed by atoms with E-state index < -0.39 is 0 Å². The van der Waals surface area contributed by atoms with Gasteiger partial charge < -0.3 is 10.6 Å². The Morgan fingerprint density at radius 2 is 2.21 bits per heavy atom. The molecule has 3 N–H and O–H groups in total. The van der Waals surface area contributed by atoms with Crippen LogP contribution in [0, 0.1) is 7.05 Å². The number of hydrogen-bond donors (Lipinski definition) is 2. The van der Waals surface area contributed by atoms with E-state index in [0.717, 1.165) is 39.0 Å². The molecular formula is C10H21N3O. The van der Waals surface area contributed by atoms with Crippen LogP contribution in [0.1, 0.15) is 19.8 Å². The first-order chi connectivity index (χ1) is 6.72. The minimum atomic E-state index is 0.0922. The van der Waals surface area contributed by atoms with E-state index in [2.05, 4.69) is 17.3 Å². The van der Waals surface area contributed by atoms with E-state index in [1.807, 2.05) is 5.32 Å². The number of nitrogens with one attached hydrogen (secondary N) is 1. The summed E-state index contributed by atoms with van der Waals surface area (Å²) in [5.74, 6) is 0.0922. The van der Waals surface area contributed by atoms with Crippen LogP contribution in [0.15, 0.2) is 0 Å². The van der Waals surface area contributed by atoms with Crippen LogP contribution in [0.2, 0.25) is 0 Å². The SMILES string of the molecule is [CH2-][NH2+]CCN1CCC(NC(C)=O)CC1. The first-order valence-corrected chi connectivity index (χ1v) is 5.32. The van der Waals surface area contributed by atoms with Gasteiger partial charge in [-0.2, -0.15) is 7.05 Å². The van der Waals surface area contributed by atoms with Crippen LogP contribution in [0.3, 0.4) is 0 Å². The minimum Gasteiger partial charge on any atom is -0.478 e. The number of carbonyl (C=O) groups is 1. The lowest BCUT2D eigenvalue weighted by atomic mass is 10.1. The Morgan fingerprint density at radius 3 is 2.71 bits per heavy atom. The van der Waals surface area contributed by atoms with Crippen LogP contribution in [0.5, 0.6) is 0 Å². The molecule has 0 aromatic heterocycles. The Balaban J connectivity index is 2.14. The molecule has 1 aliphatic heterocycles. The Labute approximate surface area is 86.0 Å². The summed E-state index contributed by atoms with van der Waals surface area (Å²) in [6.45, 7) is 5.95. The van der Waals surface area contributed by atoms with Crippen molar-refractivity contribution < 1.29 is 10.1 Å². The summed E-state index contributed by atoms with van der Waals surface area (Å²) in [6, 6.07) is 0.396. The normalized spacial score (nSPS) is 19.6.